The molecule has 3 rings (SSSR count). The van der Waals surface area contributed by atoms with Gasteiger partial charge in [-0.15, -0.1) is 0 Å². The summed E-state index contributed by atoms with van der Waals surface area (Å²) in [6.07, 6.45) is 0.832. The van der Waals surface area contributed by atoms with E-state index in [2.05, 4.69) is 5.32 Å². The monoisotopic (exact) mass is 460 g/mol. The molecular formula is C23H28N2O6S. The zero-order chi connectivity index (χ0) is 23.1. The average Bonchev–Trinajstić information content (AvgIpc) is 2.83. The van der Waals surface area contributed by atoms with Gasteiger partial charge in [0.1, 0.15) is 5.75 Å². The van der Waals surface area contributed by atoms with Crippen LogP contribution in [0, 0.1) is 5.92 Å². The molecule has 32 heavy (non-hydrogen) atoms. The lowest BCUT2D eigenvalue weighted by atomic mass is 9.98. The van der Waals surface area contributed by atoms with Gasteiger partial charge in [0.2, 0.25) is 10.0 Å². The molecule has 9 heteroatoms. The van der Waals surface area contributed by atoms with E-state index in [1.54, 1.807) is 38.3 Å². The number of carbonyl (C=O) groups excluding carboxylic acids is 2. The van der Waals surface area contributed by atoms with E-state index in [-0.39, 0.29) is 42.2 Å². The van der Waals surface area contributed by atoms with Crippen molar-refractivity contribution in [2.45, 2.75) is 24.7 Å². The molecule has 0 amide bonds. The summed E-state index contributed by atoms with van der Waals surface area (Å²) in [4.78, 5) is 24.7. The number of rotatable bonds is 9. The molecule has 8 nitrogen and oxygen atoms in total. The summed E-state index contributed by atoms with van der Waals surface area (Å²) >= 11 is 0. The van der Waals surface area contributed by atoms with Gasteiger partial charge in [0.05, 0.1) is 36.8 Å². The molecule has 1 heterocycles. The number of Topliss-reactive ketones (excluding diaryl/α,β-unsaturated/α-hetero) is 1. The van der Waals surface area contributed by atoms with Crippen LogP contribution in [0.4, 0.5) is 5.69 Å². The molecule has 1 aliphatic heterocycles. The van der Waals surface area contributed by atoms with Gasteiger partial charge in [0, 0.05) is 18.7 Å². The first-order valence-corrected chi connectivity index (χ1v) is 12.0. The molecule has 0 aromatic heterocycles. The molecule has 0 atom stereocenters. The van der Waals surface area contributed by atoms with Crippen LogP contribution in [0.2, 0.25) is 0 Å². The Morgan fingerprint density at radius 1 is 1.09 bits per heavy atom. The Labute approximate surface area is 188 Å². The number of hydrogen-bond donors (Lipinski definition) is 1. The lowest BCUT2D eigenvalue weighted by Crippen LogP contribution is -2.40. The number of hydrogen-bond acceptors (Lipinski definition) is 7. The molecule has 0 radical (unpaired) electrons. The molecule has 0 spiro atoms. The number of ether oxygens (including phenoxy) is 2. The Kier molecular flexibility index (Phi) is 7.87. The number of esters is 1. The van der Waals surface area contributed by atoms with E-state index in [0.29, 0.717) is 36.4 Å². The summed E-state index contributed by atoms with van der Waals surface area (Å²) in [6, 6.07) is 13.3. The molecule has 2 aromatic rings. The quantitative estimate of drug-likeness (QED) is 0.453. The van der Waals surface area contributed by atoms with Crippen LogP contribution in [0.15, 0.2) is 53.4 Å². The van der Waals surface area contributed by atoms with Crippen molar-refractivity contribution < 1.29 is 27.5 Å². The highest BCUT2D eigenvalue weighted by Crippen LogP contribution is 2.26. The number of piperidine rings is 1. The van der Waals surface area contributed by atoms with Crippen molar-refractivity contribution in [2.75, 3.05) is 38.7 Å². The van der Waals surface area contributed by atoms with E-state index < -0.39 is 10.0 Å². The average molecular weight is 461 g/mol. The molecule has 0 aliphatic carbocycles. The number of nitrogens with one attached hydrogen (secondary N) is 1. The van der Waals surface area contributed by atoms with Crippen molar-refractivity contribution in [3.63, 3.8) is 0 Å². The Hall–Kier alpha value is -2.91. The molecule has 1 aliphatic rings. The van der Waals surface area contributed by atoms with E-state index in [1.165, 1.54) is 16.4 Å². The minimum Gasteiger partial charge on any atom is -0.495 e. The lowest BCUT2D eigenvalue weighted by Gasteiger charge is -2.30. The summed E-state index contributed by atoms with van der Waals surface area (Å²) in [5.41, 5.74) is 0.978. The topological polar surface area (TPSA) is 102 Å². The smallest absolute Gasteiger partial charge is 0.309 e. The molecule has 0 unspecified atom stereocenters. The highest BCUT2D eigenvalue weighted by Gasteiger charge is 2.33. The number of carbonyl (C=O) groups is 2. The molecule has 0 saturated carbocycles. The Bertz CT molecular complexity index is 1060. The first-order valence-electron chi connectivity index (χ1n) is 10.5. The fourth-order valence-electron chi connectivity index (χ4n) is 3.64. The number of nitrogens with zero attached hydrogens (tertiary/aromatic N) is 1. The summed E-state index contributed by atoms with van der Waals surface area (Å²) in [7, 11) is -2.22. The van der Waals surface area contributed by atoms with E-state index >= 15 is 0 Å². The molecule has 2 aromatic carbocycles. The van der Waals surface area contributed by atoms with Gasteiger partial charge in [0.25, 0.3) is 0 Å². The van der Waals surface area contributed by atoms with Crippen molar-refractivity contribution in [1.82, 2.24) is 4.31 Å². The second-order valence-electron chi connectivity index (χ2n) is 7.44. The number of ketones is 1. The second kappa shape index (κ2) is 10.6. The molecule has 1 fully saturated rings. The molecule has 0 bridgehead atoms. The van der Waals surface area contributed by atoms with Gasteiger partial charge in [-0.3, -0.25) is 9.59 Å². The number of para-hydroxylation sites is 2. The Morgan fingerprint density at radius 3 is 2.50 bits per heavy atom. The number of anilines is 1. The van der Waals surface area contributed by atoms with E-state index in [0.717, 1.165) is 0 Å². The maximum Gasteiger partial charge on any atom is 0.309 e. The van der Waals surface area contributed by atoms with Gasteiger partial charge < -0.3 is 14.8 Å². The molecule has 172 valence electrons. The number of sulfonamides is 1. The first-order chi connectivity index (χ1) is 15.4. The van der Waals surface area contributed by atoms with Gasteiger partial charge in [-0.25, -0.2) is 8.42 Å². The summed E-state index contributed by atoms with van der Waals surface area (Å²) < 4.78 is 37.9. The van der Waals surface area contributed by atoms with Crippen molar-refractivity contribution in [3.05, 3.63) is 54.1 Å². The fourth-order valence-corrected chi connectivity index (χ4v) is 5.16. The van der Waals surface area contributed by atoms with E-state index in [4.69, 9.17) is 9.47 Å². The van der Waals surface area contributed by atoms with Gasteiger partial charge in [-0.05, 0) is 44.0 Å². The van der Waals surface area contributed by atoms with Crippen LogP contribution in [0.5, 0.6) is 5.75 Å². The number of methoxy groups -OCH3 is 1. The summed E-state index contributed by atoms with van der Waals surface area (Å²) in [5, 5.41) is 3.03. The highest BCUT2D eigenvalue weighted by molar-refractivity contribution is 7.89. The molecular weight excluding hydrogens is 432 g/mol. The van der Waals surface area contributed by atoms with Crippen LogP contribution < -0.4 is 10.1 Å². The maximum absolute atomic E-state index is 13.1. The van der Waals surface area contributed by atoms with E-state index in [9.17, 15) is 18.0 Å². The molecule has 1 N–H and O–H groups in total. The third kappa shape index (κ3) is 5.46. The second-order valence-corrected chi connectivity index (χ2v) is 9.37. The van der Waals surface area contributed by atoms with Gasteiger partial charge in [0.15, 0.2) is 5.78 Å². The predicted molar refractivity (Wildman–Crippen MR) is 120 cm³/mol. The molecule has 1 saturated heterocycles. The zero-order valence-corrected chi connectivity index (χ0v) is 19.1. The lowest BCUT2D eigenvalue weighted by molar-refractivity contribution is -0.149. The van der Waals surface area contributed by atoms with E-state index in [1.807, 2.05) is 12.1 Å². The van der Waals surface area contributed by atoms with Crippen molar-refractivity contribution in [2.24, 2.45) is 5.92 Å². The SMILES string of the molecule is CCOC(=O)C1CCN(S(=O)(=O)c2cccc(C(=O)CNc3ccccc3OC)c2)CC1. The van der Waals surface area contributed by atoms with Crippen LogP contribution in [0.25, 0.3) is 0 Å². The highest BCUT2D eigenvalue weighted by atomic mass is 32.2. The van der Waals surface area contributed by atoms with Gasteiger partial charge in [-0.2, -0.15) is 4.31 Å². The van der Waals surface area contributed by atoms with Crippen LogP contribution >= 0.6 is 0 Å². The standard InChI is InChI=1S/C23H28N2O6S/c1-3-31-23(27)17-11-13-25(14-12-17)32(28,29)19-8-6-7-18(15-19)21(26)16-24-20-9-4-5-10-22(20)30-2/h4-10,15,17,24H,3,11-14,16H2,1-2H3. The number of benzene rings is 2. The summed E-state index contributed by atoms with van der Waals surface area (Å²) in [5.74, 6) is -0.188. The first kappa shape index (κ1) is 23.7. The Morgan fingerprint density at radius 2 is 1.81 bits per heavy atom. The van der Waals surface area contributed by atoms with Crippen LogP contribution in [0.3, 0.4) is 0 Å². The van der Waals surface area contributed by atoms with Gasteiger partial charge >= 0.3 is 5.97 Å². The fraction of sp³-hybridized carbons (Fsp3) is 0.391. The predicted octanol–water partition coefficient (Wildman–Crippen LogP) is 2.95. The minimum absolute atomic E-state index is 0.00515. The maximum atomic E-state index is 13.1. The summed E-state index contributed by atoms with van der Waals surface area (Å²) in [6.45, 7) is 2.52. The van der Waals surface area contributed by atoms with Crippen LogP contribution in [-0.4, -0.2) is 57.8 Å². The minimum atomic E-state index is -3.77. The zero-order valence-electron chi connectivity index (χ0n) is 18.2. The third-order valence-electron chi connectivity index (χ3n) is 5.41. The van der Waals surface area contributed by atoms with Gasteiger partial charge in [-0.1, -0.05) is 24.3 Å². The van der Waals surface area contributed by atoms with Crippen molar-refractivity contribution in [3.8, 4) is 5.75 Å². The Balaban J connectivity index is 1.67. The van der Waals surface area contributed by atoms with Crippen molar-refractivity contribution in [1.29, 1.82) is 0 Å². The third-order valence-corrected chi connectivity index (χ3v) is 7.31. The van der Waals surface area contributed by atoms with Crippen LogP contribution in [0.1, 0.15) is 30.1 Å². The largest absolute Gasteiger partial charge is 0.495 e. The normalized spacial score (nSPS) is 15.2. The van der Waals surface area contributed by atoms with Crippen LogP contribution in [-0.2, 0) is 19.6 Å². The van der Waals surface area contributed by atoms with Crippen molar-refractivity contribution >= 4 is 27.5 Å².